The fourth-order valence-electron chi connectivity index (χ4n) is 3.24. The molecule has 1 aliphatic rings. The predicted octanol–water partition coefficient (Wildman–Crippen LogP) is 2.34. The summed E-state index contributed by atoms with van der Waals surface area (Å²) in [6.07, 6.45) is 4.24. The molecule has 1 saturated carbocycles. The van der Waals surface area contributed by atoms with Crippen LogP contribution in [0.5, 0.6) is 0 Å². The van der Waals surface area contributed by atoms with Crippen LogP contribution in [0.15, 0.2) is 24.4 Å². The van der Waals surface area contributed by atoms with E-state index in [1.807, 2.05) is 22.8 Å². The number of aliphatic hydroxyl groups is 1. The molecule has 1 aliphatic carbocycles. The summed E-state index contributed by atoms with van der Waals surface area (Å²) in [5.74, 6) is -1.24. The first kappa shape index (κ1) is 15.7. The number of ketones is 1. The van der Waals surface area contributed by atoms with E-state index in [0.717, 1.165) is 36.9 Å². The van der Waals surface area contributed by atoms with Gasteiger partial charge in [0.05, 0.1) is 11.2 Å². The Morgan fingerprint density at radius 1 is 1.35 bits per heavy atom. The van der Waals surface area contributed by atoms with Gasteiger partial charge in [-0.1, -0.05) is 26.0 Å². The van der Waals surface area contributed by atoms with Crippen LogP contribution >= 0.6 is 0 Å². The molecule has 1 heterocycles. The fourth-order valence-corrected chi connectivity index (χ4v) is 3.24. The zero-order valence-corrected chi connectivity index (χ0v) is 13.5. The molecule has 2 aromatic rings. The second-order valence-electron chi connectivity index (χ2n) is 6.90. The molecule has 3 N–H and O–H groups in total. The number of hydrogen-bond donors (Lipinski definition) is 2. The zero-order chi connectivity index (χ0) is 16.8. The Morgan fingerprint density at radius 2 is 2.04 bits per heavy atom. The molecule has 5 heteroatoms. The number of amides is 1. The minimum Gasteiger partial charge on any atom is -0.385 e. The zero-order valence-electron chi connectivity index (χ0n) is 13.5. The number of rotatable bonds is 5. The Balaban J connectivity index is 2.16. The highest BCUT2D eigenvalue weighted by Crippen LogP contribution is 2.42. The molecule has 5 nitrogen and oxygen atoms in total. The van der Waals surface area contributed by atoms with Crippen molar-refractivity contribution in [2.45, 2.75) is 45.3 Å². The number of fused-ring (bicyclic) bond motifs is 1. The number of aromatic nitrogens is 1. The van der Waals surface area contributed by atoms with Gasteiger partial charge in [0.25, 0.3) is 11.7 Å². The Kier molecular flexibility index (Phi) is 3.76. The van der Waals surface area contributed by atoms with Gasteiger partial charge in [0.2, 0.25) is 0 Å². The normalized spacial score (nSPS) is 16.5. The SMILES string of the molecule is CC(C)Cn1cc(C(=O)C(N)=O)c2ccc(C3(O)CCC3)cc21. The number of nitrogens with zero attached hydrogens (tertiary/aromatic N) is 1. The summed E-state index contributed by atoms with van der Waals surface area (Å²) < 4.78 is 1.97. The van der Waals surface area contributed by atoms with Crippen molar-refractivity contribution in [3.8, 4) is 0 Å². The van der Waals surface area contributed by atoms with Crippen molar-refractivity contribution in [3.63, 3.8) is 0 Å². The molecule has 0 bridgehead atoms. The van der Waals surface area contributed by atoms with Gasteiger partial charge < -0.3 is 15.4 Å². The Hall–Kier alpha value is -2.14. The average Bonchev–Trinajstić information content (AvgIpc) is 2.81. The number of carbonyl (C=O) groups is 2. The second-order valence-corrected chi connectivity index (χ2v) is 6.90. The van der Waals surface area contributed by atoms with Gasteiger partial charge in [-0.3, -0.25) is 9.59 Å². The third-order valence-electron chi connectivity index (χ3n) is 4.63. The van der Waals surface area contributed by atoms with E-state index in [4.69, 9.17) is 5.73 Å². The standard InChI is InChI=1S/C18H22N2O3/c1-11(2)9-20-10-14(16(21)17(19)22)13-5-4-12(8-15(13)20)18(23)6-3-7-18/h4-5,8,10-11,23H,3,6-7,9H2,1-2H3,(H2,19,22). The summed E-state index contributed by atoms with van der Waals surface area (Å²) in [7, 11) is 0. The van der Waals surface area contributed by atoms with E-state index in [2.05, 4.69) is 13.8 Å². The van der Waals surface area contributed by atoms with E-state index in [0.29, 0.717) is 16.9 Å². The second kappa shape index (κ2) is 5.49. The largest absolute Gasteiger partial charge is 0.385 e. The van der Waals surface area contributed by atoms with Crippen LogP contribution in [0.3, 0.4) is 0 Å². The highest BCUT2D eigenvalue weighted by Gasteiger charge is 2.36. The van der Waals surface area contributed by atoms with Gasteiger partial charge >= 0.3 is 0 Å². The fraction of sp³-hybridized carbons (Fsp3) is 0.444. The smallest absolute Gasteiger partial charge is 0.289 e. The van der Waals surface area contributed by atoms with Crippen molar-refractivity contribution in [1.82, 2.24) is 4.57 Å². The highest BCUT2D eigenvalue weighted by atomic mass is 16.3. The summed E-state index contributed by atoms with van der Waals surface area (Å²) in [5.41, 5.74) is 6.48. The van der Waals surface area contributed by atoms with Gasteiger partial charge in [0.15, 0.2) is 0 Å². The molecule has 23 heavy (non-hydrogen) atoms. The monoisotopic (exact) mass is 314 g/mol. The minimum atomic E-state index is -0.949. The molecule has 0 unspecified atom stereocenters. The maximum absolute atomic E-state index is 12.1. The van der Waals surface area contributed by atoms with Crippen LogP contribution in [-0.2, 0) is 16.9 Å². The number of benzene rings is 1. The molecule has 1 aromatic carbocycles. The Bertz CT molecular complexity index is 785. The lowest BCUT2D eigenvalue weighted by molar-refractivity contribution is -0.114. The van der Waals surface area contributed by atoms with Gasteiger partial charge in [-0.05, 0) is 36.8 Å². The van der Waals surface area contributed by atoms with Gasteiger partial charge in [-0.15, -0.1) is 0 Å². The quantitative estimate of drug-likeness (QED) is 0.656. The topological polar surface area (TPSA) is 85.3 Å². The van der Waals surface area contributed by atoms with Crippen LogP contribution < -0.4 is 5.73 Å². The third kappa shape index (κ3) is 2.65. The first-order chi connectivity index (χ1) is 10.8. The van der Waals surface area contributed by atoms with Crippen molar-refractivity contribution < 1.29 is 14.7 Å². The van der Waals surface area contributed by atoms with Crippen molar-refractivity contribution in [3.05, 3.63) is 35.5 Å². The minimum absolute atomic E-state index is 0.334. The molecule has 0 radical (unpaired) electrons. The number of nitrogens with two attached hydrogens (primary N) is 1. The summed E-state index contributed by atoms with van der Waals surface area (Å²) in [4.78, 5) is 23.3. The van der Waals surface area contributed by atoms with Crippen LogP contribution in [-0.4, -0.2) is 21.4 Å². The maximum Gasteiger partial charge on any atom is 0.289 e. The van der Waals surface area contributed by atoms with Crippen LogP contribution in [0.2, 0.25) is 0 Å². The molecule has 1 aromatic heterocycles. The molecular formula is C18H22N2O3. The van der Waals surface area contributed by atoms with Crippen molar-refractivity contribution >= 4 is 22.6 Å². The van der Waals surface area contributed by atoms with Crippen molar-refractivity contribution in [2.75, 3.05) is 0 Å². The Labute approximate surface area is 135 Å². The van der Waals surface area contributed by atoms with Crippen molar-refractivity contribution in [1.29, 1.82) is 0 Å². The summed E-state index contributed by atoms with van der Waals surface area (Å²) in [6.45, 7) is 4.90. The number of carbonyl (C=O) groups excluding carboxylic acids is 2. The molecule has 122 valence electrons. The van der Waals surface area contributed by atoms with E-state index >= 15 is 0 Å². The van der Waals surface area contributed by atoms with E-state index in [1.54, 1.807) is 6.20 Å². The number of primary amides is 1. The van der Waals surface area contributed by atoms with Crippen LogP contribution in [0.25, 0.3) is 10.9 Å². The first-order valence-corrected chi connectivity index (χ1v) is 8.02. The number of hydrogen-bond acceptors (Lipinski definition) is 3. The number of Topliss-reactive ketones (excluding diaryl/α,β-unsaturated/α-hetero) is 1. The molecular weight excluding hydrogens is 292 g/mol. The Morgan fingerprint density at radius 3 is 2.57 bits per heavy atom. The van der Waals surface area contributed by atoms with Crippen molar-refractivity contribution in [2.24, 2.45) is 11.7 Å². The predicted molar refractivity (Wildman–Crippen MR) is 88.0 cm³/mol. The van der Waals surface area contributed by atoms with Gasteiger partial charge in [0, 0.05) is 23.6 Å². The van der Waals surface area contributed by atoms with Crippen LogP contribution in [0, 0.1) is 5.92 Å². The molecule has 1 amide bonds. The first-order valence-electron chi connectivity index (χ1n) is 8.02. The highest BCUT2D eigenvalue weighted by molar-refractivity contribution is 6.44. The maximum atomic E-state index is 12.1. The molecule has 0 aliphatic heterocycles. The lowest BCUT2D eigenvalue weighted by atomic mass is 9.75. The summed E-state index contributed by atoms with van der Waals surface area (Å²) in [6, 6.07) is 5.60. The average molecular weight is 314 g/mol. The summed E-state index contributed by atoms with van der Waals surface area (Å²) in [5, 5.41) is 11.3. The van der Waals surface area contributed by atoms with Crippen LogP contribution in [0.4, 0.5) is 0 Å². The lowest BCUT2D eigenvalue weighted by Gasteiger charge is -2.37. The van der Waals surface area contributed by atoms with Gasteiger partial charge in [-0.25, -0.2) is 0 Å². The van der Waals surface area contributed by atoms with E-state index in [9.17, 15) is 14.7 Å². The molecule has 3 rings (SSSR count). The molecule has 1 fully saturated rings. The molecule has 0 spiro atoms. The van der Waals surface area contributed by atoms with Gasteiger partial charge in [-0.2, -0.15) is 0 Å². The van der Waals surface area contributed by atoms with E-state index < -0.39 is 17.3 Å². The van der Waals surface area contributed by atoms with Crippen LogP contribution in [0.1, 0.15) is 49.0 Å². The van der Waals surface area contributed by atoms with Gasteiger partial charge in [0.1, 0.15) is 0 Å². The van der Waals surface area contributed by atoms with E-state index in [1.165, 1.54) is 0 Å². The third-order valence-corrected chi connectivity index (χ3v) is 4.63. The van der Waals surface area contributed by atoms with E-state index in [-0.39, 0.29) is 0 Å². The molecule has 0 atom stereocenters. The lowest BCUT2D eigenvalue weighted by Crippen LogP contribution is -2.33. The molecule has 0 saturated heterocycles. The summed E-state index contributed by atoms with van der Waals surface area (Å²) >= 11 is 0.